The molecule has 0 N–H and O–H groups in total. The third-order valence-corrected chi connectivity index (χ3v) is 3.27. The van der Waals surface area contributed by atoms with Crippen molar-refractivity contribution in [3.05, 3.63) is 18.2 Å². The van der Waals surface area contributed by atoms with Gasteiger partial charge < -0.3 is 14.2 Å². The average Bonchev–Trinajstić information content (AvgIpc) is 2.36. The maximum Gasteiger partial charge on any atom is 0.168 e. The third-order valence-electron chi connectivity index (χ3n) is 2.22. The van der Waals surface area contributed by atoms with Gasteiger partial charge in [-0.25, -0.2) is 0 Å². The summed E-state index contributed by atoms with van der Waals surface area (Å²) in [7, 11) is 1.52. The van der Waals surface area contributed by atoms with Crippen LogP contribution in [-0.2, 0) is 9.53 Å². The van der Waals surface area contributed by atoms with Crippen LogP contribution in [0.2, 0.25) is 0 Å². The fraction of sp³-hybridized carbons (Fsp3) is 0.417. The van der Waals surface area contributed by atoms with Crippen LogP contribution in [0.15, 0.2) is 23.1 Å². The SMILES string of the molecule is COCC(=O)CSc1ccc2c(c1)OCCO2. The maximum absolute atomic E-state index is 11.3. The first-order valence-electron chi connectivity index (χ1n) is 5.32. The van der Waals surface area contributed by atoms with Crippen molar-refractivity contribution in [1.82, 2.24) is 0 Å². The molecule has 1 aromatic carbocycles. The molecule has 0 amide bonds. The highest BCUT2D eigenvalue weighted by molar-refractivity contribution is 8.00. The molecule has 0 unspecified atom stereocenters. The lowest BCUT2D eigenvalue weighted by atomic mass is 10.3. The predicted molar refractivity (Wildman–Crippen MR) is 65.0 cm³/mol. The molecular weight excluding hydrogens is 240 g/mol. The normalized spacial score (nSPS) is 13.5. The highest BCUT2D eigenvalue weighted by Gasteiger charge is 2.12. The molecule has 1 aliphatic rings. The lowest BCUT2D eigenvalue weighted by Gasteiger charge is -2.18. The van der Waals surface area contributed by atoms with Crippen LogP contribution in [0.5, 0.6) is 11.5 Å². The molecule has 0 radical (unpaired) electrons. The average molecular weight is 254 g/mol. The van der Waals surface area contributed by atoms with Gasteiger partial charge in [0.05, 0.1) is 5.75 Å². The van der Waals surface area contributed by atoms with E-state index in [0.717, 1.165) is 16.4 Å². The molecule has 5 heteroatoms. The molecule has 2 rings (SSSR count). The van der Waals surface area contributed by atoms with Crippen LogP contribution in [0.1, 0.15) is 0 Å². The number of ketones is 1. The van der Waals surface area contributed by atoms with Crippen LogP contribution >= 0.6 is 11.8 Å². The monoisotopic (exact) mass is 254 g/mol. The van der Waals surface area contributed by atoms with Crippen molar-refractivity contribution in [3.8, 4) is 11.5 Å². The van der Waals surface area contributed by atoms with Gasteiger partial charge in [-0.05, 0) is 18.2 Å². The molecule has 1 heterocycles. The van der Waals surface area contributed by atoms with Gasteiger partial charge in [-0.2, -0.15) is 0 Å². The van der Waals surface area contributed by atoms with E-state index in [-0.39, 0.29) is 12.4 Å². The summed E-state index contributed by atoms with van der Waals surface area (Å²) in [5, 5.41) is 0. The van der Waals surface area contributed by atoms with Gasteiger partial charge in [0.2, 0.25) is 0 Å². The molecule has 0 aromatic heterocycles. The van der Waals surface area contributed by atoms with Crippen molar-refractivity contribution in [2.45, 2.75) is 4.90 Å². The Morgan fingerprint density at radius 1 is 1.35 bits per heavy atom. The van der Waals surface area contributed by atoms with Crippen LogP contribution in [0.25, 0.3) is 0 Å². The molecule has 1 aromatic rings. The minimum atomic E-state index is 0.0763. The van der Waals surface area contributed by atoms with E-state index in [2.05, 4.69) is 0 Å². The second-order valence-electron chi connectivity index (χ2n) is 3.57. The summed E-state index contributed by atoms with van der Waals surface area (Å²) in [6, 6.07) is 5.70. The molecule has 92 valence electrons. The molecule has 0 spiro atoms. The summed E-state index contributed by atoms with van der Waals surface area (Å²) >= 11 is 1.48. The van der Waals surface area contributed by atoms with Crippen molar-refractivity contribution in [2.24, 2.45) is 0 Å². The van der Waals surface area contributed by atoms with E-state index >= 15 is 0 Å². The predicted octanol–water partition coefficient (Wildman–Crippen LogP) is 1.77. The Morgan fingerprint density at radius 2 is 2.12 bits per heavy atom. The minimum Gasteiger partial charge on any atom is -0.486 e. The van der Waals surface area contributed by atoms with Gasteiger partial charge in [0.25, 0.3) is 0 Å². The first-order valence-corrected chi connectivity index (χ1v) is 6.31. The number of fused-ring (bicyclic) bond motifs is 1. The Bertz CT molecular complexity index is 405. The maximum atomic E-state index is 11.3. The number of carbonyl (C=O) groups is 1. The Labute approximate surface area is 104 Å². The van der Waals surface area contributed by atoms with Crippen molar-refractivity contribution < 1.29 is 19.0 Å². The molecule has 4 nitrogen and oxygen atoms in total. The second kappa shape index (κ2) is 5.93. The summed E-state index contributed by atoms with van der Waals surface area (Å²) in [5.41, 5.74) is 0. The third kappa shape index (κ3) is 3.38. The van der Waals surface area contributed by atoms with E-state index < -0.39 is 0 Å². The Morgan fingerprint density at radius 3 is 2.88 bits per heavy atom. The van der Waals surface area contributed by atoms with Gasteiger partial charge in [0, 0.05) is 12.0 Å². The molecule has 17 heavy (non-hydrogen) atoms. The van der Waals surface area contributed by atoms with E-state index in [1.165, 1.54) is 18.9 Å². The lowest BCUT2D eigenvalue weighted by Crippen LogP contribution is -2.15. The minimum absolute atomic E-state index is 0.0763. The fourth-order valence-electron chi connectivity index (χ4n) is 1.48. The molecule has 0 saturated heterocycles. The number of hydrogen-bond acceptors (Lipinski definition) is 5. The molecule has 0 bridgehead atoms. The first-order chi connectivity index (χ1) is 8.29. The van der Waals surface area contributed by atoms with Crippen molar-refractivity contribution in [2.75, 3.05) is 32.7 Å². The van der Waals surface area contributed by atoms with E-state index in [0.29, 0.717) is 19.0 Å². The molecule has 0 fully saturated rings. The number of benzene rings is 1. The van der Waals surface area contributed by atoms with Gasteiger partial charge in [-0.3, -0.25) is 4.79 Å². The van der Waals surface area contributed by atoms with Crippen LogP contribution in [0, 0.1) is 0 Å². The topological polar surface area (TPSA) is 44.8 Å². The van der Waals surface area contributed by atoms with Gasteiger partial charge in [0.1, 0.15) is 19.8 Å². The lowest BCUT2D eigenvalue weighted by molar-refractivity contribution is -0.120. The number of Topliss-reactive ketones (excluding diaryl/α,β-unsaturated/α-hetero) is 1. The van der Waals surface area contributed by atoms with Crippen molar-refractivity contribution in [1.29, 1.82) is 0 Å². The molecule has 0 saturated carbocycles. The number of hydrogen-bond donors (Lipinski definition) is 0. The van der Waals surface area contributed by atoms with Crippen LogP contribution in [0.3, 0.4) is 0 Å². The quantitative estimate of drug-likeness (QED) is 0.749. The van der Waals surface area contributed by atoms with E-state index in [9.17, 15) is 4.79 Å². The summed E-state index contributed by atoms with van der Waals surface area (Å²) in [4.78, 5) is 12.3. The van der Waals surface area contributed by atoms with Gasteiger partial charge in [-0.1, -0.05) is 0 Å². The Kier molecular flexibility index (Phi) is 4.28. The summed E-state index contributed by atoms with van der Waals surface area (Å²) < 4.78 is 15.7. The number of ether oxygens (including phenoxy) is 3. The molecule has 1 aliphatic heterocycles. The standard InChI is InChI=1S/C12H14O4S/c1-14-7-9(13)8-17-10-2-3-11-12(6-10)16-5-4-15-11/h2-3,6H,4-5,7-8H2,1H3. The zero-order valence-electron chi connectivity index (χ0n) is 9.60. The number of carbonyl (C=O) groups excluding carboxylic acids is 1. The highest BCUT2D eigenvalue weighted by atomic mass is 32.2. The zero-order valence-corrected chi connectivity index (χ0v) is 10.4. The summed E-state index contributed by atoms with van der Waals surface area (Å²) in [6.45, 7) is 1.33. The highest BCUT2D eigenvalue weighted by Crippen LogP contribution is 2.34. The van der Waals surface area contributed by atoms with E-state index in [4.69, 9.17) is 14.2 Å². The van der Waals surface area contributed by atoms with Crippen LogP contribution in [-0.4, -0.2) is 38.5 Å². The second-order valence-corrected chi connectivity index (χ2v) is 4.61. The number of methoxy groups -OCH3 is 1. The summed E-state index contributed by atoms with van der Waals surface area (Å²) in [5.74, 6) is 2.00. The van der Waals surface area contributed by atoms with Gasteiger partial charge in [-0.15, -0.1) is 11.8 Å². The van der Waals surface area contributed by atoms with Gasteiger partial charge >= 0.3 is 0 Å². The number of thioether (sulfide) groups is 1. The van der Waals surface area contributed by atoms with E-state index in [1.54, 1.807) is 0 Å². The first kappa shape index (κ1) is 12.3. The fourth-order valence-corrected chi connectivity index (χ4v) is 2.25. The van der Waals surface area contributed by atoms with Crippen molar-refractivity contribution >= 4 is 17.5 Å². The largest absolute Gasteiger partial charge is 0.486 e. The smallest absolute Gasteiger partial charge is 0.168 e. The van der Waals surface area contributed by atoms with Crippen LogP contribution < -0.4 is 9.47 Å². The molecular formula is C12H14O4S. The number of rotatable bonds is 5. The van der Waals surface area contributed by atoms with Gasteiger partial charge in [0.15, 0.2) is 17.3 Å². The molecule has 0 atom stereocenters. The van der Waals surface area contributed by atoms with Crippen LogP contribution in [0.4, 0.5) is 0 Å². The Hall–Kier alpha value is -1.20. The Balaban J connectivity index is 1.95. The molecule has 0 aliphatic carbocycles. The zero-order chi connectivity index (χ0) is 12.1. The van der Waals surface area contributed by atoms with E-state index in [1.807, 2.05) is 18.2 Å². The summed E-state index contributed by atoms with van der Waals surface area (Å²) in [6.07, 6.45) is 0. The van der Waals surface area contributed by atoms with Crippen molar-refractivity contribution in [3.63, 3.8) is 0 Å².